The molecule has 0 fully saturated rings. The van der Waals surface area contributed by atoms with Crippen LogP contribution in [0.25, 0.3) is 0 Å². The molecule has 3 rings (SSSR count). The molecule has 1 aliphatic heterocycles. The third-order valence-corrected chi connectivity index (χ3v) is 5.42. The first kappa shape index (κ1) is 20.2. The lowest BCUT2D eigenvalue weighted by atomic mass is 10.0. The maximum Gasteiger partial charge on any atom is 0.276 e. The van der Waals surface area contributed by atoms with Crippen molar-refractivity contribution in [3.63, 3.8) is 0 Å². The Hall–Kier alpha value is -2.54. The van der Waals surface area contributed by atoms with Crippen LogP contribution in [-0.4, -0.2) is 34.3 Å². The molecule has 0 saturated heterocycles. The van der Waals surface area contributed by atoms with Crippen LogP contribution in [0.3, 0.4) is 0 Å². The van der Waals surface area contributed by atoms with E-state index in [2.05, 4.69) is 10.0 Å². The van der Waals surface area contributed by atoms with Gasteiger partial charge in [0.2, 0.25) is 0 Å². The van der Waals surface area contributed by atoms with Gasteiger partial charge in [-0.25, -0.2) is 4.39 Å². The van der Waals surface area contributed by atoms with Crippen LogP contribution in [0.15, 0.2) is 29.3 Å². The normalized spacial score (nSPS) is 17.2. The minimum atomic E-state index is -0.645. The first-order valence-electron chi connectivity index (χ1n) is 8.75. The molecule has 2 heterocycles. The molecular formula is C19H21FN4O3S. The van der Waals surface area contributed by atoms with Crippen molar-refractivity contribution in [1.29, 1.82) is 5.26 Å². The average Bonchev–Trinajstić information content (AvgIpc) is 2.84. The highest BCUT2D eigenvalue weighted by atomic mass is 32.2. The second-order valence-corrected chi connectivity index (χ2v) is 7.79. The van der Waals surface area contributed by atoms with E-state index in [9.17, 15) is 14.3 Å². The van der Waals surface area contributed by atoms with E-state index < -0.39 is 17.8 Å². The highest BCUT2D eigenvalue weighted by Gasteiger charge is 2.30. The number of rotatable bonds is 4. The van der Waals surface area contributed by atoms with Gasteiger partial charge in [0.1, 0.15) is 18.5 Å². The Morgan fingerprint density at radius 2 is 2.29 bits per heavy atom. The van der Waals surface area contributed by atoms with Crippen molar-refractivity contribution >= 4 is 23.5 Å². The Balaban J connectivity index is 1.82. The summed E-state index contributed by atoms with van der Waals surface area (Å²) in [5.41, 5.74) is 0.460. The summed E-state index contributed by atoms with van der Waals surface area (Å²) in [6.07, 6.45) is 1.17. The Morgan fingerprint density at radius 1 is 1.54 bits per heavy atom. The molecule has 2 unspecified atom stereocenters. The number of aliphatic hydroxyl groups is 1. The number of anilines is 1. The van der Waals surface area contributed by atoms with Crippen LogP contribution in [0.4, 0.5) is 10.1 Å². The molecule has 28 heavy (non-hydrogen) atoms. The van der Waals surface area contributed by atoms with E-state index in [1.54, 1.807) is 23.9 Å². The largest absolute Gasteiger partial charge is 0.488 e. The van der Waals surface area contributed by atoms with E-state index in [-0.39, 0.29) is 24.1 Å². The third kappa shape index (κ3) is 3.99. The van der Waals surface area contributed by atoms with Gasteiger partial charge in [-0.15, -0.1) is 0 Å². The number of aryl methyl sites for hydroxylation is 1. The van der Waals surface area contributed by atoms with Crippen molar-refractivity contribution in [3.05, 3.63) is 41.5 Å². The molecule has 1 amide bonds. The lowest BCUT2D eigenvalue weighted by molar-refractivity contribution is 0.0717. The molecule has 0 bridgehead atoms. The highest BCUT2D eigenvalue weighted by Crippen LogP contribution is 2.36. The topological polar surface area (TPSA) is 99.3 Å². The number of hydrogen-bond donors (Lipinski definition) is 3. The Morgan fingerprint density at radius 3 is 2.96 bits per heavy atom. The van der Waals surface area contributed by atoms with Crippen molar-refractivity contribution in [2.24, 2.45) is 13.0 Å². The van der Waals surface area contributed by atoms with Gasteiger partial charge in [-0.3, -0.25) is 9.52 Å². The monoisotopic (exact) mass is 404 g/mol. The van der Waals surface area contributed by atoms with Gasteiger partial charge in [-0.2, -0.15) is 5.26 Å². The number of amides is 1. The number of nitriles is 1. The molecule has 0 aliphatic carbocycles. The molecule has 7 nitrogen and oxygen atoms in total. The van der Waals surface area contributed by atoms with Crippen LogP contribution in [0, 0.1) is 23.1 Å². The Kier molecular flexibility index (Phi) is 5.93. The van der Waals surface area contributed by atoms with Gasteiger partial charge >= 0.3 is 0 Å². The van der Waals surface area contributed by atoms with Crippen molar-refractivity contribution in [3.8, 4) is 11.8 Å². The first-order valence-corrected chi connectivity index (χ1v) is 9.57. The maximum absolute atomic E-state index is 13.5. The third-order valence-electron chi connectivity index (χ3n) is 4.49. The predicted molar refractivity (Wildman–Crippen MR) is 104 cm³/mol. The van der Waals surface area contributed by atoms with Crippen LogP contribution >= 0.6 is 11.9 Å². The summed E-state index contributed by atoms with van der Waals surface area (Å²) in [6, 6.07) is 5.27. The first-order chi connectivity index (χ1) is 13.3. The van der Waals surface area contributed by atoms with Crippen LogP contribution in [-0.2, 0) is 7.05 Å². The van der Waals surface area contributed by atoms with E-state index in [1.165, 1.54) is 24.1 Å². The van der Waals surface area contributed by atoms with E-state index in [0.29, 0.717) is 17.1 Å². The predicted octanol–water partition coefficient (Wildman–Crippen LogP) is 2.66. The van der Waals surface area contributed by atoms with Crippen molar-refractivity contribution < 1.29 is 19.0 Å². The van der Waals surface area contributed by atoms with Crippen LogP contribution in [0.5, 0.6) is 5.75 Å². The minimum absolute atomic E-state index is 0.0563. The second-order valence-electron chi connectivity index (χ2n) is 6.91. The number of nitrogens with zero attached hydrogens (tertiary/aromatic N) is 2. The zero-order chi connectivity index (χ0) is 20.4. The average molecular weight is 404 g/mol. The number of carbonyl (C=O) groups is 1. The molecular weight excluding hydrogens is 383 g/mol. The number of hydrogen-bond acceptors (Lipinski definition) is 6. The summed E-state index contributed by atoms with van der Waals surface area (Å²) < 4.78 is 24.2. The van der Waals surface area contributed by atoms with Crippen LogP contribution in [0.1, 0.15) is 29.9 Å². The van der Waals surface area contributed by atoms with Gasteiger partial charge in [0, 0.05) is 18.9 Å². The SMILES string of the molecule is CC(C)C(O)C1COc2c(cn(C)c2C(=O)Nc2ccc(F)c(C#N)c2)SN1. The summed E-state index contributed by atoms with van der Waals surface area (Å²) in [6.45, 7) is 4.05. The molecule has 1 aliphatic rings. The number of nitrogens with one attached hydrogen (secondary N) is 2. The number of aromatic nitrogens is 1. The fourth-order valence-corrected chi connectivity index (χ4v) is 3.85. The van der Waals surface area contributed by atoms with Gasteiger partial charge in [0.05, 0.1) is 22.6 Å². The van der Waals surface area contributed by atoms with Crippen LogP contribution in [0.2, 0.25) is 0 Å². The number of benzene rings is 1. The van der Waals surface area contributed by atoms with Gasteiger partial charge < -0.3 is 19.7 Å². The molecule has 2 aromatic rings. The molecule has 0 saturated carbocycles. The number of ether oxygens (including phenoxy) is 1. The van der Waals surface area contributed by atoms with Gasteiger partial charge in [-0.05, 0) is 36.1 Å². The van der Waals surface area contributed by atoms with E-state index in [4.69, 9.17) is 10.00 Å². The fourth-order valence-electron chi connectivity index (χ4n) is 2.91. The minimum Gasteiger partial charge on any atom is -0.488 e. The smallest absolute Gasteiger partial charge is 0.276 e. The van der Waals surface area contributed by atoms with Gasteiger partial charge in [0.25, 0.3) is 5.91 Å². The highest BCUT2D eigenvalue weighted by molar-refractivity contribution is 7.97. The second kappa shape index (κ2) is 8.22. The fraction of sp³-hybridized carbons (Fsp3) is 0.368. The molecule has 0 spiro atoms. The van der Waals surface area contributed by atoms with Crippen molar-refractivity contribution in [2.75, 3.05) is 11.9 Å². The maximum atomic E-state index is 13.5. The summed E-state index contributed by atoms with van der Waals surface area (Å²) in [5.74, 6) is -0.615. The van der Waals surface area contributed by atoms with Crippen molar-refractivity contribution in [1.82, 2.24) is 9.29 Å². The summed E-state index contributed by atoms with van der Waals surface area (Å²) in [4.78, 5) is 13.5. The standard InChI is InChI=1S/C19H21FN4O3S/c1-10(2)17(25)14-9-27-18-15(28-23-14)8-24(3)16(18)19(26)22-12-4-5-13(20)11(6-12)7-21/h4-6,8,10,14,17,23,25H,9H2,1-3H3,(H,22,26). The lowest BCUT2D eigenvalue weighted by Gasteiger charge is -2.24. The number of fused-ring (bicyclic) bond motifs is 1. The van der Waals surface area contributed by atoms with Gasteiger partial charge in [0.15, 0.2) is 11.4 Å². The molecule has 9 heteroatoms. The Labute approximate surface area is 166 Å². The molecule has 0 radical (unpaired) electrons. The van der Waals surface area contributed by atoms with Crippen LogP contribution < -0.4 is 14.8 Å². The van der Waals surface area contributed by atoms with E-state index in [0.717, 1.165) is 11.0 Å². The molecule has 3 N–H and O–H groups in total. The Bertz CT molecular complexity index is 938. The zero-order valence-corrected chi connectivity index (χ0v) is 16.5. The number of carbonyl (C=O) groups excluding carboxylic acids is 1. The van der Waals surface area contributed by atoms with Crippen molar-refractivity contribution in [2.45, 2.75) is 30.9 Å². The summed E-state index contributed by atoms with van der Waals surface area (Å²) >= 11 is 1.30. The molecule has 1 aromatic carbocycles. The lowest BCUT2D eigenvalue weighted by Crippen LogP contribution is -2.43. The molecule has 148 valence electrons. The number of halogens is 1. The summed E-state index contributed by atoms with van der Waals surface area (Å²) in [7, 11) is 1.72. The van der Waals surface area contributed by atoms with E-state index >= 15 is 0 Å². The van der Waals surface area contributed by atoms with Gasteiger partial charge in [-0.1, -0.05) is 13.8 Å². The van der Waals surface area contributed by atoms with E-state index in [1.807, 2.05) is 13.8 Å². The quantitative estimate of drug-likeness (QED) is 0.678. The molecule has 2 atom stereocenters. The zero-order valence-electron chi connectivity index (χ0n) is 15.7. The molecule has 1 aromatic heterocycles. The summed E-state index contributed by atoms with van der Waals surface area (Å²) in [5, 5.41) is 21.9. The number of aliphatic hydroxyl groups excluding tert-OH is 1.